The van der Waals surface area contributed by atoms with Gasteiger partial charge in [0.25, 0.3) is 0 Å². The Hall–Kier alpha value is -1.59. The van der Waals surface area contributed by atoms with E-state index in [0.29, 0.717) is 0 Å². The number of piperidine rings is 1. The number of rotatable bonds is 0. The Bertz CT molecular complexity index is 680. The van der Waals surface area contributed by atoms with Crippen LogP contribution in [0.5, 0.6) is 5.75 Å². The fourth-order valence-corrected chi connectivity index (χ4v) is 3.26. The molecular weight excluding hydrogens is 293 g/mol. The maximum atomic E-state index is 13.5. The molecule has 1 aromatic heterocycles. The van der Waals surface area contributed by atoms with Crippen LogP contribution in [0.15, 0.2) is 24.4 Å². The maximum absolute atomic E-state index is 13.5. The quantitative estimate of drug-likeness (QED) is 0.813. The zero-order chi connectivity index (χ0) is 13.7. The highest BCUT2D eigenvalue weighted by Gasteiger charge is 2.43. The highest BCUT2D eigenvalue weighted by atomic mass is 35.5. The Kier molecular flexibility index (Phi) is 3.42. The number of halogens is 2. The van der Waals surface area contributed by atoms with Crippen molar-refractivity contribution in [1.29, 1.82) is 0 Å². The minimum Gasteiger partial charge on any atom is -0.482 e. The molecule has 0 saturated carbocycles. The minimum absolute atomic E-state index is 0. The van der Waals surface area contributed by atoms with Gasteiger partial charge in [0.05, 0.1) is 0 Å². The van der Waals surface area contributed by atoms with E-state index < -0.39 is 0 Å². The lowest BCUT2D eigenvalue weighted by Crippen LogP contribution is -2.45. The molecule has 3 heterocycles. The molecule has 0 unspecified atom stereocenters. The molecule has 0 atom stereocenters. The lowest BCUT2D eigenvalue weighted by Gasteiger charge is -2.41. The lowest BCUT2D eigenvalue weighted by atomic mass is 9.81. The number of hydrogen-bond donors (Lipinski definition) is 1. The van der Waals surface area contributed by atoms with E-state index in [2.05, 4.69) is 10.4 Å². The second-order valence-electron chi connectivity index (χ2n) is 5.55. The van der Waals surface area contributed by atoms with Gasteiger partial charge in [-0.2, -0.15) is 5.10 Å². The van der Waals surface area contributed by atoms with Gasteiger partial charge in [-0.15, -0.1) is 12.4 Å². The van der Waals surface area contributed by atoms with Crippen molar-refractivity contribution in [3.63, 3.8) is 0 Å². The highest BCUT2D eigenvalue weighted by Crippen LogP contribution is 2.48. The summed E-state index contributed by atoms with van der Waals surface area (Å²) in [5, 5.41) is 7.89. The molecule has 4 rings (SSSR count). The number of benzene rings is 1. The van der Waals surface area contributed by atoms with E-state index in [1.54, 1.807) is 10.7 Å². The van der Waals surface area contributed by atoms with Crippen molar-refractivity contribution < 1.29 is 9.13 Å². The Morgan fingerprint density at radius 1 is 1.33 bits per heavy atom. The molecule has 6 heteroatoms. The number of nitrogens with zero attached hydrogens (tertiary/aromatic N) is 2. The molecular formula is C15H17ClFN3O. The van der Waals surface area contributed by atoms with E-state index in [1.165, 1.54) is 12.1 Å². The van der Waals surface area contributed by atoms with Crippen LogP contribution in [0.25, 0.3) is 11.3 Å². The van der Waals surface area contributed by atoms with Crippen LogP contribution in [-0.4, -0.2) is 22.9 Å². The van der Waals surface area contributed by atoms with Crippen LogP contribution in [0.2, 0.25) is 0 Å². The van der Waals surface area contributed by atoms with E-state index in [0.717, 1.165) is 48.5 Å². The molecule has 0 amide bonds. The molecule has 1 aromatic carbocycles. The van der Waals surface area contributed by atoms with Crippen molar-refractivity contribution in [2.24, 2.45) is 7.05 Å². The second kappa shape index (κ2) is 5.00. The molecule has 2 aromatic rings. The van der Waals surface area contributed by atoms with Crippen LogP contribution >= 0.6 is 12.4 Å². The van der Waals surface area contributed by atoms with E-state index >= 15 is 0 Å². The summed E-state index contributed by atoms with van der Waals surface area (Å²) in [6.07, 6.45) is 3.82. The average Bonchev–Trinajstić information content (AvgIpc) is 2.84. The van der Waals surface area contributed by atoms with Crippen LogP contribution < -0.4 is 10.1 Å². The standard InChI is InChI=1S/C15H16FN3O.ClH/c1-19-9-12-14(18-19)11-8-10(16)2-3-13(11)20-15(12)4-6-17-7-5-15;/h2-3,8-9,17H,4-7H2,1H3;1H. The number of fused-ring (bicyclic) bond motifs is 4. The lowest BCUT2D eigenvalue weighted by molar-refractivity contribution is 0.0306. The van der Waals surface area contributed by atoms with Crippen molar-refractivity contribution in [2.75, 3.05) is 13.1 Å². The van der Waals surface area contributed by atoms with Gasteiger partial charge in [-0.3, -0.25) is 4.68 Å². The molecule has 1 fully saturated rings. The Balaban J connectivity index is 0.00000132. The van der Waals surface area contributed by atoms with Gasteiger partial charge in [0.15, 0.2) is 0 Å². The number of hydrogen-bond acceptors (Lipinski definition) is 3. The first-order valence-corrected chi connectivity index (χ1v) is 6.92. The third-order valence-electron chi connectivity index (χ3n) is 4.23. The molecule has 1 saturated heterocycles. The summed E-state index contributed by atoms with van der Waals surface area (Å²) in [5.41, 5.74) is 2.37. The van der Waals surface area contributed by atoms with Gasteiger partial charge >= 0.3 is 0 Å². The summed E-state index contributed by atoms with van der Waals surface area (Å²) in [6, 6.07) is 4.67. The van der Waals surface area contributed by atoms with E-state index in [-0.39, 0.29) is 23.8 Å². The highest BCUT2D eigenvalue weighted by molar-refractivity contribution is 5.85. The summed E-state index contributed by atoms with van der Waals surface area (Å²) in [6.45, 7) is 1.84. The molecule has 21 heavy (non-hydrogen) atoms. The molecule has 0 aliphatic carbocycles. The van der Waals surface area contributed by atoms with Gasteiger partial charge in [-0.25, -0.2) is 4.39 Å². The van der Waals surface area contributed by atoms with Crippen LogP contribution in [-0.2, 0) is 12.6 Å². The van der Waals surface area contributed by atoms with E-state index in [9.17, 15) is 4.39 Å². The molecule has 0 bridgehead atoms. The third-order valence-corrected chi connectivity index (χ3v) is 4.23. The van der Waals surface area contributed by atoms with E-state index in [4.69, 9.17) is 4.74 Å². The Labute approximate surface area is 128 Å². The van der Waals surface area contributed by atoms with Crippen molar-refractivity contribution >= 4 is 12.4 Å². The first-order chi connectivity index (χ1) is 9.68. The topological polar surface area (TPSA) is 39.1 Å². The minimum atomic E-state index is -0.320. The summed E-state index contributed by atoms with van der Waals surface area (Å²) >= 11 is 0. The average molecular weight is 310 g/mol. The van der Waals surface area contributed by atoms with Crippen LogP contribution in [0.1, 0.15) is 18.4 Å². The van der Waals surface area contributed by atoms with Gasteiger partial charge < -0.3 is 10.1 Å². The first-order valence-electron chi connectivity index (χ1n) is 6.92. The predicted octanol–water partition coefficient (Wildman–Crippen LogP) is 2.62. The fourth-order valence-electron chi connectivity index (χ4n) is 3.26. The number of ether oxygens (including phenoxy) is 1. The van der Waals surface area contributed by atoms with Crippen molar-refractivity contribution in [2.45, 2.75) is 18.4 Å². The number of nitrogens with one attached hydrogen (secondary N) is 1. The SMILES string of the molecule is Cl.Cn1cc2c(n1)-c1cc(F)ccc1OC21CCNCC1. The predicted molar refractivity (Wildman–Crippen MR) is 80.3 cm³/mol. The normalized spacial score (nSPS) is 18.4. The smallest absolute Gasteiger partial charge is 0.140 e. The monoisotopic (exact) mass is 309 g/mol. The third kappa shape index (κ3) is 2.12. The zero-order valence-electron chi connectivity index (χ0n) is 11.7. The maximum Gasteiger partial charge on any atom is 0.140 e. The molecule has 1 spiro atoms. The summed E-state index contributed by atoms with van der Waals surface area (Å²) < 4.78 is 21.6. The first kappa shape index (κ1) is 14.4. The van der Waals surface area contributed by atoms with E-state index in [1.807, 2.05) is 13.2 Å². The fraction of sp³-hybridized carbons (Fsp3) is 0.400. The Morgan fingerprint density at radius 2 is 2.10 bits per heavy atom. The summed E-state index contributed by atoms with van der Waals surface area (Å²) in [5.74, 6) is 0.477. The van der Waals surface area contributed by atoms with Gasteiger partial charge in [0.1, 0.15) is 22.9 Å². The van der Waals surface area contributed by atoms with Crippen LogP contribution in [0.3, 0.4) is 0 Å². The van der Waals surface area contributed by atoms with Crippen LogP contribution in [0, 0.1) is 5.82 Å². The van der Waals surface area contributed by atoms with Crippen LogP contribution in [0.4, 0.5) is 4.39 Å². The van der Waals surface area contributed by atoms with Gasteiger partial charge in [-0.05, 0) is 31.3 Å². The largest absolute Gasteiger partial charge is 0.482 e. The van der Waals surface area contributed by atoms with Gasteiger partial charge in [-0.1, -0.05) is 0 Å². The van der Waals surface area contributed by atoms with Crippen molar-refractivity contribution in [1.82, 2.24) is 15.1 Å². The molecule has 2 aliphatic heterocycles. The molecule has 112 valence electrons. The van der Waals surface area contributed by atoms with Gasteiger partial charge in [0.2, 0.25) is 0 Å². The number of aromatic nitrogens is 2. The second-order valence-corrected chi connectivity index (χ2v) is 5.55. The van der Waals surface area contributed by atoms with Crippen molar-refractivity contribution in [3.8, 4) is 17.0 Å². The van der Waals surface area contributed by atoms with Gasteiger partial charge in [0, 0.05) is 37.2 Å². The molecule has 1 N–H and O–H groups in total. The van der Waals surface area contributed by atoms with Crippen molar-refractivity contribution in [3.05, 3.63) is 35.8 Å². The zero-order valence-corrected chi connectivity index (χ0v) is 12.5. The molecule has 0 radical (unpaired) electrons. The summed E-state index contributed by atoms with van der Waals surface area (Å²) in [4.78, 5) is 0. The molecule has 2 aliphatic rings. The number of aryl methyl sites for hydroxylation is 1. The molecule has 4 nitrogen and oxygen atoms in total. The summed E-state index contributed by atoms with van der Waals surface area (Å²) in [7, 11) is 1.89. The Morgan fingerprint density at radius 3 is 2.86 bits per heavy atom.